The third kappa shape index (κ3) is 4.47. The van der Waals surface area contributed by atoms with Gasteiger partial charge in [-0.05, 0) is 37.1 Å². The van der Waals surface area contributed by atoms with Gasteiger partial charge in [-0.3, -0.25) is 0 Å². The summed E-state index contributed by atoms with van der Waals surface area (Å²) in [6.45, 7) is 0.418. The van der Waals surface area contributed by atoms with Gasteiger partial charge in [0.05, 0.1) is 4.90 Å². The molecule has 1 aliphatic carbocycles. The summed E-state index contributed by atoms with van der Waals surface area (Å²) in [6.07, 6.45) is 5.07. The molecule has 1 saturated carbocycles. The Hall–Kier alpha value is -0.590. The fourth-order valence-corrected chi connectivity index (χ4v) is 4.53. The Kier molecular flexibility index (Phi) is 5.24. The van der Waals surface area contributed by atoms with Gasteiger partial charge >= 0.3 is 0 Å². The van der Waals surface area contributed by atoms with Crippen LogP contribution >= 0.6 is 11.8 Å². The van der Waals surface area contributed by atoms with E-state index in [4.69, 9.17) is 0 Å². The second-order valence-corrected chi connectivity index (χ2v) is 7.80. The van der Waals surface area contributed by atoms with Gasteiger partial charge < -0.3 is 0 Å². The molecular formula is C13H18FNO2S2. The Morgan fingerprint density at radius 3 is 2.47 bits per heavy atom. The highest BCUT2D eigenvalue weighted by molar-refractivity contribution is 8.00. The van der Waals surface area contributed by atoms with Crippen LogP contribution in [0.2, 0.25) is 0 Å². The summed E-state index contributed by atoms with van der Waals surface area (Å²) in [5.41, 5.74) is 0. The van der Waals surface area contributed by atoms with E-state index in [0.29, 0.717) is 11.8 Å². The van der Waals surface area contributed by atoms with E-state index in [9.17, 15) is 12.8 Å². The van der Waals surface area contributed by atoms with Gasteiger partial charge in [0.2, 0.25) is 10.0 Å². The summed E-state index contributed by atoms with van der Waals surface area (Å²) >= 11 is 1.84. The Balaban J connectivity index is 1.79. The van der Waals surface area contributed by atoms with E-state index in [2.05, 4.69) is 4.72 Å². The molecule has 0 spiro atoms. The maximum Gasteiger partial charge on any atom is 0.240 e. The van der Waals surface area contributed by atoms with Gasteiger partial charge in [-0.25, -0.2) is 17.5 Å². The van der Waals surface area contributed by atoms with Crippen molar-refractivity contribution in [1.29, 1.82) is 0 Å². The van der Waals surface area contributed by atoms with Crippen molar-refractivity contribution in [2.45, 2.75) is 35.8 Å². The molecule has 0 saturated heterocycles. The van der Waals surface area contributed by atoms with Gasteiger partial charge in [0.1, 0.15) is 5.82 Å². The van der Waals surface area contributed by atoms with E-state index < -0.39 is 15.8 Å². The highest BCUT2D eigenvalue weighted by Gasteiger charge is 2.16. The zero-order valence-electron chi connectivity index (χ0n) is 10.6. The van der Waals surface area contributed by atoms with Crippen LogP contribution in [0.4, 0.5) is 4.39 Å². The smallest absolute Gasteiger partial charge is 0.210 e. The van der Waals surface area contributed by atoms with Crippen molar-refractivity contribution in [2.24, 2.45) is 0 Å². The summed E-state index contributed by atoms with van der Waals surface area (Å²) in [5.74, 6) is 0.348. The van der Waals surface area contributed by atoms with Crippen LogP contribution in [0.5, 0.6) is 0 Å². The van der Waals surface area contributed by atoms with Crippen LogP contribution in [-0.4, -0.2) is 26.0 Å². The molecule has 1 fully saturated rings. The lowest BCUT2D eigenvalue weighted by Crippen LogP contribution is -2.26. The van der Waals surface area contributed by atoms with Gasteiger partial charge in [-0.2, -0.15) is 11.8 Å². The van der Waals surface area contributed by atoms with Gasteiger partial charge in [0, 0.05) is 17.5 Å². The standard InChI is InChI=1S/C13H18FNO2S2/c14-11-5-7-13(8-6-11)19(16,17)15-9-10-18-12-3-1-2-4-12/h5-8,12,15H,1-4,9-10H2. The molecule has 0 heterocycles. The molecule has 2 rings (SSSR count). The molecule has 0 amide bonds. The quantitative estimate of drug-likeness (QED) is 0.822. The highest BCUT2D eigenvalue weighted by atomic mass is 32.2. The van der Waals surface area contributed by atoms with Gasteiger partial charge in [0.15, 0.2) is 0 Å². The topological polar surface area (TPSA) is 46.2 Å². The summed E-state index contributed by atoms with van der Waals surface area (Å²) in [4.78, 5) is 0.111. The Morgan fingerprint density at radius 2 is 1.84 bits per heavy atom. The molecule has 0 radical (unpaired) electrons. The molecule has 19 heavy (non-hydrogen) atoms. The largest absolute Gasteiger partial charge is 0.240 e. The first kappa shape index (κ1) is 14.8. The van der Waals surface area contributed by atoms with E-state index in [-0.39, 0.29) is 4.90 Å². The van der Waals surface area contributed by atoms with Crippen LogP contribution in [-0.2, 0) is 10.0 Å². The molecule has 6 heteroatoms. The minimum atomic E-state index is -3.50. The maximum atomic E-state index is 12.7. The highest BCUT2D eigenvalue weighted by Crippen LogP contribution is 2.28. The molecule has 1 aromatic rings. The fourth-order valence-electron chi connectivity index (χ4n) is 2.15. The third-order valence-electron chi connectivity index (χ3n) is 3.17. The summed E-state index contributed by atoms with van der Waals surface area (Å²) < 4.78 is 39.1. The first-order valence-electron chi connectivity index (χ1n) is 6.45. The normalized spacial score (nSPS) is 16.9. The SMILES string of the molecule is O=S(=O)(NCCSC1CCCC1)c1ccc(F)cc1. The number of hydrogen-bond acceptors (Lipinski definition) is 3. The second-order valence-electron chi connectivity index (χ2n) is 4.63. The number of nitrogens with one attached hydrogen (secondary N) is 1. The zero-order chi connectivity index (χ0) is 13.7. The lowest BCUT2D eigenvalue weighted by molar-refractivity contribution is 0.583. The fraction of sp³-hybridized carbons (Fsp3) is 0.538. The first-order chi connectivity index (χ1) is 9.08. The van der Waals surface area contributed by atoms with E-state index >= 15 is 0 Å². The molecule has 0 aliphatic heterocycles. The number of benzene rings is 1. The van der Waals surface area contributed by atoms with Crippen molar-refractivity contribution in [1.82, 2.24) is 4.72 Å². The Morgan fingerprint density at radius 1 is 1.21 bits per heavy atom. The minimum absolute atomic E-state index is 0.111. The lowest BCUT2D eigenvalue weighted by Gasteiger charge is -2.09. The molecule has 0 atom stereocenters. The van der Waals surface area contributed by atoms with Gasteiger partial charge in [-0.15, -0.1) is 0 Å². The van der Waals surface area contributed by atoms with Crippen LogP contribution in [0, 0.1) is 5.82 Å². The first-order valence-corrected chi connectivity index (χ1v) is 8.98. The number of thioether (sulfide) groups is 1. The average Bonchev–Trinajstić information content (AvgIpc) is 2.88. The Bertz CT molecular complexity index is 496. The minimum Gasteiger partial charge on any atom is -0.210 e. The monoisotopic (exact) mass is 303 g/mol. The Labute approximate surface area is 118 Å². The number of rotatable bonds is 6. The van der Waals surface area contributed by atoms with Gasteiger partial charge in [0.25, 0.3) is 0 Å². The van der Waals surface area contributed by atoms with Crippen molar-refractivity contribution in [2.75, 3.05) is 12.3 Å². The van der Waals surface area contributed by atoms with E-state index in [1.165, 1.54) is 37.8 Å². The molecule has 1 aliphatic rings. The van der Waals surface area contributed by atoms with Crippen molar-refractivity contribution in [3.63, 3.8) is 0 Å². The summed E-state index contributed by atoms with van der Waals surface area (Å²) in [5, 5.41) is 0.690. The van der Waals surface area contributed by atoms with Crippen molar-refractivity contribution >= 4 is 21.8 Å². The lowest BCUT2D eigenvalue weighted by atomic mass is 10.4. The average molecular weight is 303 g/mol. The molecule has 0 unspecified atom stereocenters. The van der Waals surface area contributed by atoms with E-state index in [1.807, 2.05) is 11.8 Å². The molecule has 106 valence electrons. The molecule has 1 aromatic carbocycles. The molecular weight excluding hydrogens is 285 g/mol. The maximum absolute atomic E-state index is 12.7. The van der Waals surface area contributed by atoms with Crippen LogP contribution in [0.1, 0.15) is 25.7 Å². The van der Waals surface area contributed by atoms with Crippen LogP contribution in [0.3, 0.4) is 0 Å². The predicted octanol–water partition coefficient (Wildman–Crippen LogP) is 2.78. The molecule has 0 aromatic heterocycles. The number of halogens is 1. The molecule has 3 nitrogen and oxygen atoms in total. The summed E-state index contributed by atoms with van der Waals surface area (Å²) in [6, 6.07) is 4.87. The van der Waals surface area contributed by atoms with Crippen molar-refractivity contribution in [3.8, 4) is 0 Å². The molecule has 0 bridgehead atoms. The number of hydrogen-bond donors (Lipinski definition) is 1. The van der Waals surface area contributed by atoms with Crippen LogP contribution < -0.4 is 4.72 Å². The van der Waals surface area contributed by atoms with E-state index in [1.54, 1.807) is 0 Å². The summed E-state index contributed by atoms with van der Waals surface area (Å²) in [7, 11) is -3.50. The predicted molar refractivity (Wildman–Crippen MR) is 76.3 cm³/mol. The molecule has 1 N–H and O–H groups in total. The van der Waals surface area contributed by atoms with Crippen molar-refractivity contribution < 1.29 is 12.8 Å². The third-order valence-corrected chi connectivity index (χ3v) is 6.03. The van der Waals surface area contributed by atoms with E-state index in [0.717, 1.165) is 17.9 Å². The zero-order valence-corrected chi connectivity index (χ0v) is 12.3. The van der Waals surface area contributed by atoms with Crippen molar-refractivity contribution in [3.05, 3.63) is 30.1 Å². The second kappa shape index (κ2) is 6.72. The van der Waals surface area contributed by atoms with Crippen LogP contribution in [0.25, 0.3) is 0 Å². The van der Waals surface area contributed by atoms with Crippen LogP contribution in [0.15, 0.2) is 29.2 Å². The van der Waals surface area contributed by atoms with Gasteiger partial charge in [-0.1, -0.05) is 12.8 Å². The number of sulfonamides is 1.